The first kappa shape index (κ1) is 21.8. The standard InChI is InChI=1S/C25H27N7O2/c1-32-11-8-16(9-12-32)15-3-5-18(6-4-15)29-22-21-17(7-10-27-23(21)33)13-20(30-22)19-14-28-25(26)31-24(19)34-2/h3-7,10,13-14,16H,8-9,11-12H2,1-2H3,(H,27,33)(H,29,30)(H2,26,28,31). The van der Waals surface area contributed by atoms with Crippen LogP contribution in [0.1, 0.15) is 24.3 Å². The van der Waals surface area contributed by atoms with Crippen LogP contribution in [0.5, 0.6) is 5.88 Å². The van der Waals surface area contributed by atoms with E-state index in [0.29, 0.717) is 34.3 Å². The number of aromatic nitrogens is 4. The van der Waals surface area contributed by atoms with E-state index < -0.39 is 0 Å². The number of nitrogens with zero attached hydrogens (tertiary/aromatic N) is 4. The minimum absolute atomic E-state index is 0.112. The van der Waals surface area contributed by atoms with Gasteiger partial charge >= 0.3 is 0 Å². The number of nitrogens with two attached hydrogens (primary N) is 1. The van der Waals surface area contributed by atoms with Crippen molar-refractivity contribution in [3.05, 3.63) is 64.7 Å². The molecule has 1 aromatic carbocycles. The Kier molecular flexibility index (Phi) is 5.85. The summed E-state index contributed by atoms with van der Waals surface area (Å²) in [5, 5.41) is 4.55. The molecule has 0 bridgehead atoms. The summed E-state index contributed by atoms with van der Waals surface area (Å²) in [6, 6.07) is 12.0. The summed E-state index contributed by atoms with van der Waals surface area (Å²) in [6.45, 7) is 2.24. The van der Waals surface area contributed by atoms with E-state index in [1.54, 1.807) is 12.4 Å². The number of likely N-dealkylation sites (tertiary alicyclic amines) is 1. The number of hydrogen-bond donors (Lipinski definition) is 3. The van der Waals surface area contributed by atoms with E-state index >= 15 is 0 Å². The summed E-state index contributed by atoms with van der Waals surface area (Å²) in [6.07, 6.45) is 5.52. The SMILES string of the molecule is COc1nc(N)ncc1-c1cc2cc[nH]c(=O)c2c(Nc2ccc(C3CCN(C)CC3)cc2)n1. The molecule has 5 rings (SSSR count). The van der Waals surface area contributed by atoms with Crippen LogP contribution in [0.3, 0.4) is 0 Å². The maximum Gasteiger partial charge on any atom is 0.259 e. The third kappa shape index (κ3) is 4.29. The largest absolute Gasteiger partial charge is 0.480 e. The van der Waals surface area contributed by atoms with Gasteiger partial charge in [-0.15, -0.1) is 0 Å². The number of nitrogens with one attached hydrogen (secondary N) is 2. The highest BCUT2D eigenvalue weighted by Gasteiger charge is 2.19. The number of piperidine rings is 1. The smallest absolute Gasteiger partial charge is 0.259 e. The number of fused-ring (bicyclic) bond motifs is 1. The van der Waals surface area contributed by atoms with Gasteiger partial charge < -0.3 is 25.7 Å². The van der Waals surface area contributed by atoms with E-state index in [1.807, 2.05) is 24.3 Å². The highest BCUT2D eigenvalue weighted by atomic mass is 16.5. The normalized spacial score (nSPS) is 14.9. The van der Waals surface area contributed by atoms with Crippen molar-refractivity contribution in [2.24, 2.45) is 0 Å². The lowest BCUT2D eigenvalue weighted by Crippen LogP contribution is -2.29. The Morgan fingerprint density at radius 3 is 2.65 bits per heavy atom. The van der Waals surface area contributed by atoms with Gasteiger partial charge in [0, 0.05) is 18.1 Å². The van der Waals surface area contributed by atoms with E-state index in [2.05, 4.69) is 44.3 Å². The number of ether oxygens (including phenoxy) is 1. The highest BCUT2D eigenvalue weighted by Crippen LogP contribution is 2.33. The summed E-state index contributed by atoms with van der Waals surface area (Å²) in [4.78, 5) is 30.8. The molecule has 3 aromatic heterocycles. The first-order valence-corrected chi connectivity index (χ1v) is 11.3. The monoisotopic (exact) mass is 457 g/mol. The van der Waals surface area contributed by atoms with Crippen LogP contribution >= 0.6 is 0 Å². The van der Waals surface area contributed by atoms with E-state index in [0.717, 1.165) is 24.2 Å². The third-order valence-electron chi connectivity index (χ3n) is 6.36. The molecule has 1 aliphatic rings. The second kappa shape index (κ2) is 9.11. The van der Waals surface area contributed by atoms with E-state index in [1.165, 1.54) is 25.5 Å². The van der Waals surface area contributed by atoms with Crippen molar-refractivity contribution >= 4 is 28.2 Å². The number of aromatic amines is 1. The molecule has 9 heteroatoms. The number of benzene rings is 1. The molecule has 0 spiro atoms. The van der Waals surface area contributed by atoms with Gasteiger partial charge in [0.1, 0.15) is 5.82 Å². The lowest BCUT2D eigenvalue weighted by molar-refractivity contribution is 0.255. The Morgan fingerprint density at radius 1 is 1.15 bits per heavy atom. The number of rotatable bonds is 5. The lowest BCUT2D eigenvalue weighted by atomic mass is 9.89. The molecule has 9 nitrogen and oxygen atoms in total. The number of methoxy groups -OCH3 is 1. The molecule has 174 valence electrons. The third-order valence-corrected chi connectivity index (χ3v) is 6.36. The Labute approximate surface area is 197 Å². The van der Waals surface area contributed by atoms with Crippen LogP contribution in [-0.4, -0.2) is 52.1 Å². The van der Waals surface area contributed by atoms with Crippen molar-refractivity contribution in [2.75, 3.05) is 38.3 Å². The number of H-pyrrole nitrogens is 1. The summed E-state index contributed by atoms with van der Waals surface area (Å²) in [5.74, 6) is 1.45. The Balaban J connectivity index is 1.52. The average molecular weight is 458 g/mol. The summed E-state index contributed by atoms with van der Waals surface area (Å²) in [5.41, 5.74) is 8.84. The minimum Gasteiger partial charge on any atom is -0.480 e. The van der Waals surface area contributed by atoms with Crippen molar-refractivity contribution in [1.29, 1.82) is 0 Å². The van der Waals surface area contributed by atoms with Crippen molar-refractivity contribution in [1.82, 2.24) is 24.8 Å². The second-order valence-electron chi connectivity index (χ2n) is 8.60. The van der Waals surface area contributed by atoms with E-state index in [4.69, 9.17) is 15.5 Å². The fourth-order valence-electron chi connectivity index (χ4n) is 4.47. The number of pyridine rings is 2. The average Bonchev–Trinajstić information content (AvgIpc) is 2.85. The predicted octanol–water partition coefficient (Wildman–Crippen LogP) is 3.52. The number of hydrogen-bond acceptors (Lipinski definition) is 8. The van der Waals surface area contributed by atoms with Gasteiger partial charge in [0.15, 0.2) is 0 Å². The van der Waals surface area contributed by atoms with Crippen LogP contribution in [0, 0.1) is 0 Å². The van der Waals surface area contributed by atoms with Crippen molar-refractivity contribution in [3.63, 3.8) is 0 Å². The van der Waals surface area contributed by atoms with Crippen LogP contribution < -0.4 is 21.3 Å². The summed E-state index contributed by atoms with van der Waals surface area (Å²) in [7, 11) is 3.69. The van der Waals surface area contributed by atoms with Gasteiger partial charge in [0.2, 0.25) is 11.8 Å². The molecule has 1 saturated heterocycles. The Bertz CT molecular complexity index is 1380. The molecule has 1 fully saturated rings. The van der Waals surface area contributed by atoms with Gasteiger partial charge in [0.25, 0.3) is 5.56 Å². The van der Waals surface area contributed by atoms with Gasteiger partial charge in [-0.1, -0.05) is 12.1 Å². The predicted molar refractivity (Wildman–Crippen MR) is 134 cm³/mol. The van der Waals surface area contributed by atoms with Crippen LogP contribution in [0.2, 0.25) is 0 Å². The van der Waals surface area contributed by atoms with Crippen LogP contribution in [-0.2, 0) is 0 Å². The molecule has 0 atom stereocenters. The molecular weight excluding hydrogens is 430 g/mol. The zero-order valence-corrected chi connectivity index (χ0v) is 19.2. The molecule has 4 aromatic rings. The van der Waals surface area contributed by atoms with Gasteiger partial charge in [0.05, 0.1) is 23.8 Å². The molecule has 0 amide bonds. The van der Waals surface area contributed by atoms with E-state index in [9.17, 15) is 4.79 Å². The van der Waals surface area contributed by atoms with Crippen LogP contribution in [0.25, 0.3) is 22.0 Å². The highest BCUT2D eigenvalue weighted by molar-refractivity contribution is 5.95. The first-order chi connectivity index (χ1) is 16.5. The topological polar surface area (TPSA) is 122 Å². The summed E-state index contributed by atoms with van der Waals surface area (Å²) < 4.78 is 5.39. The molecule has 0 unspecified atom stereocenters. The van der Waals surface area contributed by atoms with Gasteiger partial charge in [-0.25, -0.2) is 9.97 Å². The molecule has 0 aliphatic carbocycles. The quantitative estimate of drug-likeness (QED) is 0.416. The van der Waals surface area contributed by atoms with Crippen LogP contribution in [0.15, 0.2) is 53.6 Å². The number of anilines is 3. The molecular formula is C25H27N7O2. The minimum atomic E-state index is -0.220. The van der Waals surface area contributed by atoms with Gasteiger partial charge in [-0.05, 0) is 74.1 Å². The van der Waals surface area contributed by atoms with Crippen molar-refractivity contribution < 1.29 is 4.74 Å². The molecule has 0 radical (unpaired) electrons. The molecule has 34 heavy (non-hydrogen) atoms. The summed E-state index contributed by atoms with van der Waals surface area (Å²) >= 11 is 0. The van der Waals surface area contributed by atoms with Crippen LogP contribution in [0.4, 0.5) is 17.5 Å². The van der Waals surface area contributed by atoms with Crippen molar-refractivity contribution in [3.8, 4) is 17.1 Å². The molecule has 0 saturated carbocycles. The fourth-order valence-corrected chi connectivity index (χ4v) is 4.47. The Hall–Kier alpha value is -3.98. The molecule has 4 N–H and O–H groups in total. The first-order valence-electron chi connectivity index (χ1n) is 11.3. The Morgan fingerprint density at radius 2 is 1.91 bits per heavy atom. The number of nitrogen functional groups attached to an aromatic ring is 1. The van der Waals surface area contributed by atoms with Gasteiger partial charge in [-0.3, -0.25) is 4.79 Å². The fraction of sp³-hybridized carbons (Fsp3) is 0.280. The maximum absolute atomic E-state index is 12.7. The maximum atomic E-state index is 12.7. The zero-order chi connectivity index (χ0) is 23.7. The second-order valence-corrected chi connectivity index (χ2v) is 8.60. The lowest BCUT2D eigenvalue weighted by Gasteiger charge is -2.29. The zero-order valence-electron chi connectivity index (χ0n) is 19.2. The van der Waals surface area contributed by atoms with E-state index in [-0.39, 0.29) is 11.5 Å². The van der Waals surface area contributed by atoms with Crippen molar-refractivity contribution in [2.45, 2.75) is 18.8 Å². The van der Waals surface area contributed by atoms with Gasteiger partial charge in [-0.2, -0.15) is 4.98 Å². The molecule has 4 heterocycles. The molecule has 1 aliphatic heterocycles.